The Bertz CT molecular complexity index is 596. The summed E-state index contributed by atoms with van der Waals surface area (Å²) in [6.07, 6.45) is 2.64. The summed E-state index contributed by atoms with van der Waals surface area (Å²) in [5.41, 5.74) is 2.30. The molecule has 0 spiro atoms. The van der Waals surface area contributed by atoms with Gasteiger partial charge < -0.3 is 10.3 Å². The molecule has 108 valence electrons. The van der Waals surface area contributed by atoms with Crippen molar-refractivity contribution in [3.63, 3.8) is 0 Å². The number of benzene rings is 1. The lowest BCUT2D eigenvalue weighted by atomic mass is 9.84. The number of amides is 1. The molecule has 1 heterocycles. The number of H-pyrrole nitrogens is 1. The summed E-state index contributed by atoms with van der Waals surface area (Å²) in [6.45, 7) is 9.10. The van der Waals surface area contributed by atoms with Crippen molar-refractivity contribution < 1.29 is 4.79 Å². The summed E-state index contributed by atoms with van der Waals surface area (Å²) >= 11 is 0. The van der Waals surface area contributed by atoms with E-state index >= 15 is 0 Å². The number of carbonyl (C=O) groups excluding carboxylic acids is 1. The van der Waals surface area contributed by atoms with Crippen LogP contribution in [-0.2, 0) is 10.2 Å². The van der Waals surface area contributed by atoms with Crippen LogP contribution in [0.5, 0.6) is 0 Å². The molecule has 2 N–H and O–H groups in total. The second kappa shape index (κ2) is 5.70. The zero-order chi connectivity index (χ0) is 14.8. The topological polar surface area (TPSA) is 44.9 Å². The Morgan fingerprint density at radius 3 is 2.70 bits per heavy atom. The molecule has 0 atom stereocenters. The van der Waals surface area contributed by atoms with Gasteiger partial charge in [-0.05, 0) is 17.5 Å². The van der Waals surface area contributed by atoms with Crippen LogP contribution in [0.25, 0.3) is 10.9 Å². The molecule has 1 aromatic heterocycles. The van der Waals surface area contributed by atoms with Gasteiger partial charge in [-0.3, -0.25) is 4.79 Å². The van der Waals surface area contributed by atoms with E-state index in [1.54, 1.807) is 0 Å². The summed E-state index contributed by atoms with van der Waals surface area (Å²) in [5, 5.41) is 4.29. The Labute approximate surface area is 120 Å². The molecule has 0 fully saturated rings. The molecule has 0 saturated carbocycles. The zero-order valence-corrected chi connectivity index (χ0v) is 12.8. The minimum absolute atomic E-state index is 0.0910. The lowest BCUT2D eigenvalue weighted by Crippen LogP contribution is -2.37. The first-order chi connectivity index (χ1) is 9.40. The highest BCUT2D eigenvalue weighted by Crippen LogP contribution is 2.29. The summed E-state index contributed by atoms with van der Waals surface area (Å²) in [6, 6.07) is 8.28. The maximum absolute atomic E-state index is 11.8. The van der Waals surface area contributed by atoms with Gasteiger partial charge in [0.15, 0.2) is 0 Å². The van der Waals surface area contributed by atoms with Crippen molar-refractivity contribution in [3.05, 3.63) is 36.0 Å². The van der Waals surface area contributed by atoms with Crippen molar-refractivity contribution in [3.8, 4) is 0 Å². The molecular formula is C17H24N2O. The number of rotatable bonds is 5. The largest absolute Gasteiger partial charge is 0.361 e. The molecule has 2 aromatic rings. The standard InChI is InChI=1S/C17H24N2O/c1-12(2)9-16(20)19-11-17(3,4)14-10-18-15-8-6-5-7-13(14)15/h5-8,10,12,18H,9,11H2,1-4H3,(H,19,20). The zero-order valence-electron chi connectivity index (χ0n) is 12.8. The van der Waals surface area contributed by atoms with Gasteiger partial charge in [0.2, 0.25) is 5.91 Å². The Morgan fingerprint density at radius 2 is 2.00 bits per heavy atom. The van der Waals surface area contributed by atoms with Crippen LogP contribution in [0.15, 0.2) is 30.5 Å². The highest BCUT2D eigenvalue weighted by molar-refractivity contribution is 5.84. The lowest BCUT2D eigenvalue weighted by Gasteiger charge is -2.25. The smallest absolute Gasteiger partial charge is 0.220 e. The van der Waals surface area contributed by atoms with Gasteiger partial charge in [0, 0.05) is 35.5 Å². The molecule has 1 amide bonds. The molecule has 0 unspecified atom stereocenters. The average Bonchev–Trinajstić information content (AvgIpc) is 2.80. The SMILES string of the molecule is CC(C)CC(=O)NCC(C)(C)c1c[nH]c2ccccc12. The van der Waals surface area contributed by atoms with Crippen LogP contribution in [0.2, 0.25) is 0 Å². The average molecular weight is 272 g/mol. The number of aromatic nitrogens is 1. The van der Waals surface area contributed by atoms with Gasteiger partial charge in [0.05, 0.1) is 0 Å². The predicted octanol–water partition coefficient (Wildman–Crippen LogP) is 3.61. The van der Waals surface area contributed by atoms with Crippen LogP contribution < -0.4 is 5.32 Å². The number of fused-ring (bicyclic) bond motifs is 1. The van der Waals surface area contributed by atoms with Gasteiger partial charge >= 0.3 is 0 Å². The lowest BCUT2D eigenvalue weighted by molar-refractivity contribution is -0.122. The molecule has 20 heavy (non-hydrogen) atoms. The van der Waals surface area contributed by atoms with Gasteiger partial charge in [-0.1, -0.05) is 45.9 Å². The summed E-state index contributed by atoms with van der Waals surface area (Å²) in [4.78, 5) is 15.1. The molecule has 0 aliphatic carbocycles. The quantitative estimate of drug-likeness (QED) is 0.858. The second-order valence-electron chi connectivity index (χ2n) is 6.51. The molecule has 0 aliphatic heterocycles. The predicted molar refractivity (Wildman–Crippen MR) is 83.8 cm³/mol. The Morgan fingerprint density at radius 1 is 1.30 bits per heavy atom. The number of hydrogen-bond acceptors (Lipinski definition) is 1. The van der Waals surface area contributed by atoms with Crippen molar-refractivity contribution in [2.24, 2.45) is 5.92 Å². The van der Waals surface area contributed by atoms with Crippen molar-refractivity contribution in [2.45, 2.75) is 39.5 Å². The molecule has 0 radical (unpaired) electrons. The van der Waals surface area contributed by atoms with Crippen molar-refractivity contribution in [1.29, 1.82) is 0 Å². The normalized spacial score (nSPS) is 12.1. The molecule has 2 rings (SSSR count). The Balaban J connectivity index is 2.12. The number of nitrogens with one attached hydrogen (secondary N) is 2. The first-order valence-electron chi connectivity index (χ1n) is 7.23. The third-order valence-electron chi connectivity index (χ3n) is 3.64. The van der Waals surface area contributed by atoms with E-state index in [1.165, 1.54) is 10.9 Å². The minimum Gasteiger partial charge on any atom is -0.361 e. The Hall–Kier alpha value is -1.77. The fourth-order valence-corrected chi connectivity index (χ4v) is 2.49. The highest BCUT2D eigenvalue weighted by Gasteiger charge is 2.24. The van der Waals surface area contributed by atoms with E-state index < -0.39 is 0 Å². The van der Waals surface area contributed by atoms with Crippen molar-refractivity contribution in [1.82, 2.24) is 10.3 Å². The van der Waals surface area contributed by atoms with E-state index in [9.17, 15) is 4.79 Å². The van der Waals surface area contributed by atoms with E-state index in [4.69, 9.17) is 0 Å². The summed E-state index contributed by atoms with van der Waals surface area (Å²) < 4.78 is 0. The van der Waals surface area contributed by atoms with Crippen LogP contribution in [0.1, 0.15) is 39.7 Å². The van der Waals surface area contributed by atoms with E-state index in [0.29, 0.717) is 18.9 Å². The van der Waals surface area contributed by atoms with Crippen LogP contribution in [0.3, 0.4) is 0 Å². The van der Waals surface area contributed by atoms with E-state index in [1.807, 2.05) is 12.1 Å². The molecule has 3 heteroatoms. The number of carbonyl (C=O) groups is 1. The number of aromatic amines is 1. The van der Waals surface area contributed by atoms with Gasteiger partial charge in [-0.15, -0.1) is 0 Å². The van der Waals surface area contributed by atoms with Crippen molar-refractivity contribution in [2.75, 3.05) is 6.54 Å². The Kier molecular flexibility index (Phi) is 4.17. The first-order valence-corrected chi connectivity index (χ1v) is 7.23. The van der Waals surface area contributed by atoms with Crippen LogP contribution in [-0.4, -0.2) is 17.4 Å². The van der Waals surface area contributed by atoms with Crippen molar-refractivity contribution >= 4 is 16.8 Å². The van der Waals surface area contributed by atoms with E-state index in [0.717, 1.165) is 5.52 Å². The monoisotopic (exact) mass is 272 g/mol. The number of hydrogen-bond donors (Lipinski definition) is 2. The molecule has 0 aliphatic rings. The summed E-state index contributed by atoms with van der Waals surface area (Å²) in [5.74, 6) is 0.527. The van der Waals surface area contributed by atoms with Crippen LogP contribution in [0.4, 0.5) is 0 Å². The maximum atomic E-state index is 11.8. The van der Waals surface area contributed by atoms with Gasteiger partial charge in [-0.2, -0.15) is 0 Å². The fourth-order valence-electron chi connectivity index (χ4n) is 2.49. The summed E-state index contributed by atoms with van der Waals surface area (Å²) in [7, 11) is 0. The third-order valence-corrected chi connectivity index (χ3v) is 3.64. The number of para-hydroxylation sites is 1. The fraction of sp³-hybridized carbons (Fsp3) is 0.471. The molecule has 0 bridgehead atoms. The molecular weight excluding hydrogens is 248 g/mol. The first kappa shape index (κ1) is 14.6. The molecule has 1 aromatic carbocycles. The van der Waals surface area contributed by atoms with Gasteiger partial charge in [-0.25, -0.2) is 0 Å². The van der Waals surface area contributed by atoms with E-state index in [-0.39, 0.29) is 11.3 Å². The van der Waals surface area contributed by atoms with Gasteiger partial charge in [0.1, 0.15) is 0 Å². The minimum atomic E-state index is -0.0910. The maximum Gasteiger partial charge on any atom is 0.220 e. The van der Waals surface area contributed by atoms with Crippen LogP contribution >= 0.6 is 0 Å². The van der Waals surface area contributed by atoms with Gasteiger partial charge in [0.25, 0.3) is 0 Å². The van der Waals surface area contributed by atoms with Crippen LogP contribution in [0, 0.1) is 5.92 Å². The highest BCUT2D eigenvalue weighted by atomic mass is 16.1. The van der Waals surface area contributed by atoms with E-state index in [2.05, 4.69) is 56.3 Å². The third kappa shape index (κ3) is 3.21. The second-order valence-corrected chi connectivity index (χ2v) is 6.51. The molecule has 3 nitrogen and oxygen atoms in total. The molecule has 0 saturated heterocycles.